The van der Waals surface area contributed by atoms with Gasteiger partial charge in [-0.2, -0.15) is 0 Å². The number of rotatable bonds is 3. The maximum atomic E-state index is 2.33. The fraction of sp³-hybridized carbons (Fsp3) is 0.143. The smallest absolute Gasteiger partial charge is 0.0463 e. The fourth-order valence-electron chi connectivity index (χ4n) is 2.75. The summed E-state index contributed by atoms with van der Waals surface area (Å²) in [6, 6.07) is 24.3. The van der Waals surface area contributed by atoms with Crippen LogP contribution in [0.5, 0.6) is 0 Å². The van der Waals surface area contributed by atoms with Crippen LogP contribution in [0.15, 0.2) is 66.7 Å². The van der Waals surface area contributed by atoms with Crippen LogP contribution < -0.4 is 0 Å². The van der Waals surface area contributed by atoms with E-state index in [0.717, 1.165) is 0 Å². The Hall–Kier alpha value is -1.90. The molecule has 0 N–H and O–H groups in total. The predicted molar refractivity (Wildman–Crippen MR) is 105 cm³/mol. The molecule has 114 valence electrons. The van der Waals surface area contributed by atoms with Crippen LogP contribution in [0.2, 0.25) is 0 Å². The van der Waals surface area contributed by atoms with E-state index in [-0.39, 0.29) is 0 Å². The summed E-state index contributed by atoms with van der Waals surface area (Å²) in [5.74, 6) is 0.587. The lowest BCUT2D eigenvalue weighted by Gasteiger charge is -2.05. The zero-order valence-corrected chi connectivity index (χ0v) is 14.9. The third kappa shape index (κ3) is 2.85. The molecule has 0 atom stereocenters. The highest BCUT2D eigenvalue weighted by atomic mass is 32.1. The van der Waals surface area contributed by atoms with E-state index in [0.29, 0.717) is 5.92 Å². The van der Waals surface area contributed by atoms with Crippen LogP contribution in [0.25, 0.3) is 30.3 Å². The van der Waals surface area contributed by atoms with Gasteiger partial charge in [-0.15, -0.1) is 22.7 Å². The minimum Gasteiger partial charge on any atom is -0.134 e. The molecule has 0 amide bonds. The second-order valence-electron chi connectivity index (χ2n) is 6.09. The normalized spacial score (nSPS) is 11.4. The van der Waals surface area contributed by atoms with Crippen molar-refractivity contribution in [2.24, 2.45) is 0 Å². The third-order valence-electron chi connectivity index (χ3n) is 4.13. The van der Waals surface area contributed by atoms with Crippen LogP contribution in [0.4, 0.5) is 0 Å². The van der Waals surface area contributed by atoms with Gasteiger partial charge in [-0.25, -0.2) is 0 Å². The van der Waals surface area contributed by atoms with Crippen molar-refractivity contribution in [3.05, 3.63) is 72.3 Å². The van der Waals surface area contributed by atoms with Crippen molar-refractivity contribution >= 4 is 32.1 Å². The molecule has 2 aromatic heterocycles. The largest absolute Gasteiger partial charge is 0.134 e. The Morgan fingerprint density at radius 1 is 0.652 bits per heavy atom. The highest BCUT2D eigenvalue weighted by Crippen LogP contribution is 2.41. The first-order valence-corrected chi connectivity index (χ1v) is 9.53. The second kappa shape index (κ2) is 5.95. The molecule has 2 aromatic carbocycles. The van der Waals surface area contributed by atoms with Crippen molar-refractivity contribution in [1.82, 2.24) is 0 Å². The van der Waals surface area contributed by atoms with Crippen LogP contribution in [0, 0.1) is 0 Å². The standard InChI is InChI=1S/C21H18S2/c1-14(2)15-8-10-17(11-9-15)19-13-21-20(23-19)12-18(22-21)16-6-4-3-5-7-16/h3-14H,1-2H3. The molecule has 4 rings (SSSR count). The van der Waals surface area contributed by atoms with Gasteiger partial charge in [-0.1, -0.05) is 68.4 Å². The van der Waals surface area contributed by atoms with Crippen molar-refractivity contribution in [3.8, 4) is 20.9 Å². The molecule has 0 radical (unpaired) electrons. The molecular weight excluding hydrogens is 316 g/mol. The van der Waals surface area contributed by atoms with Crippen molar-refractivity contribution < 1.29 is 0 Å². The summed E-state index contributed by atoms with van der Waals surface area (Å²) in [7, 11) is 0. The number of hydrogen-bond acceptors (Lipinski definition) is 2. The zero-order valence-electron chi connectivity index (χ0n) is 13.2. The molecule has 0 aliphatic rings. The minimum atomic E-state index is 0.587. The molecule has 0 saturated carbocycles. The van der Waals surface area contributed by atoms with E-state index in [1.54, 1.807) is 0 Å². The molecule has 2 heteroatoms. The van der Waals surface area contributed by atoms with Crippen LogP contribution in [-0.4, -0.2) is 0 Å². The molecule has 0 aliphatic heterocycles. The molecule has 2 heterocycles. The van der Waals surface area contributed by atoms with E-state index < -0.39 is 0 Å². The van der Waals surface area contributed by atoms with Gasteiger partial charge < -0.3 is 0 Å². The van der Waals surface area contributed by atoms with Crippen LogP contribution in [0.3, 0.4) is 0 Å². The monoisotopic (exact) mass is 334 g/mol. The van der Waals surface area contributed by atoms with Gasteiger partial charge in [-0.05, 0) is 34.7 Å². The Labute approximate surface area is 145 Å². The summed E-state index contributed by atoms with van der Waals surface area (Å²) < 4.78 is 2.77. The average molecular weight is 335 g/mol. The summed E-state index contributed by atoms with van der Waals surface area (Å²) in [4.78, 5) is 2.72. The van der Waals surface area contributed by atoms with Gasteiger partial charge in [0.2, 0.25) is 0 Å². The summed E-state index contributed by atoms with van der Waals surface area (Å²) in [5.41, 5.74) is 4.03. The molecule has 4 aromatic rings. The summed E-state index contributed by atoms with van der Waals surface area (Å²) in [6.07, 6.45) is 0. The quantitative estimate of drug-likeness (QED) is 0.365. The second-order valence-corrected chi connectivity index (χ2v) is 8.26. The predicted octanol–water partition coefficient (Wildman–Crippen LogP) is 7.42. The van der Waals surface area contributed by atoms with E-state index in [1.165, 1.54) is 35.8 Å². The Bertz CT molecular complexity index is 894. The maximum absolute atomic E-state index is 2.33. The van der Waals surface area contributed by atoms with Crippen molar-refractivity contribution in [3.63, 3.8) is 0 Å². The Morgan fingerprint density at radius 2 is 1.17 bits per heavy atom. The van der Waals surface area contributed by atoms with Crippen LogP contribution in [0.1, 0.15) is 25.3 Å². The number of benzene rings is 2. The van der Waals surface area contributed by atoms with Crippen LogP contribution >= 0.6 is 22.7 Å². The van der Waals surface area contributed by atoms with E-state index in [9.17, 15) is 0 Å². The fourth-order valence-corrected chi connectivity index (χ4v) is 5.16. The van der Waals surface area contributed by atoms with Crippen molar-refractivity contribution in [1.29, 1.82) is 0 Å². The Balaban J connectivity index is 1.69. The molecule has 0 fully saturated rings. The molecule has 0 nitrogen and oxygen atoms in total. The minimum absolute atomic E-state index is 0.587. The van der Waals surface area contributed by atoms with Gasteiger partial charge in [-0.3, -0.25) is 0 Å². The third-order valence-corrected chi connectivity index (χ3v) is 6.52. The van der Waals surface area contributed by atoms with E-state index in [4.69, 9.17) is 0 Å². The molecular formula is C21H18S2. The topological polar surface area (TPSA) is 0 Å². The zero-order chi connectivity index (χ0) is 15.8. The van der Waals surface area contributed by atoms with Gasteiger partial charge in [0.1, 0.15) is 0 Å². The highest BCUT2D eigenvalue weighted by Gasteiger charge is 2.10. The first kappa shape index (κ1) is 14.7. The molecule has 0 spiro atoms. The number of fused-ring (bicyclic) bond motifs is 1. The SMILES string of the molecule is CC(C)c1ccc(-c2cc3sc(-c4ccccc4)cc3s2)cc1. The van der Waals surface area contributed by atoms with Gasteiger partial charge >= 0.3 is 0 Å². The highest BCUT2D eigenvalue weighted by molar-refractivity contribution is 7.31. The molecule has 0 aliphatic carbocycles. The van der Waals surface area contributed by atoms with Crippen molar-refractivity contribution in [2.75, 3.05) is 0 Å². The number of thiophene rings is 2. The van der Waals surface area contributed by atoms with Crippen LogP contribution in [-0.2, 0) is 0 Å². The van der Waals surface area contributed by atoms with Gasteiger partial charge in [0.05, 0.1) is 0 Å². The molecule has 0 bridgehead atoms. The van der Waals surface area contributed by atoms with E-state index in [2.05, 4.69) is 80.6 Å². The molecule has 0 unspecified atom stereocenters. The van der Waals surface area contributed by atoms with Gasteiger partial charge in [0.15, 0.2) is 0 Å². The van der Waals surface area contributed by atoms with Crippen molar-refractivity contribution in [2.45, 2.75) is 19.8 Å². The molecule has 0 saturated heterocycles. The first-order valence-electron chi connectivity index (χ1n) is 7.90. The lowest BCUT2D eigenvalue weighted by molar-refractivity contribution is 0.867. The van der Waals surface area contributed by atoms with E-state index in [1.807, 2.05) is 22.7 Å². The average Bonchev–Trinajstić information content (AvgIpc) is 3.14. The summed E-state index contributed by atoms with van der Waals surface area (Å²) in [5, 5.41) is 0. The summed E-state index contributed by atoms with van der Waals surface area (Å²) in [6.45, 7) is 4.47. The Kier molecular flexibility index (Phi) is 3.80. The molecule has 23 heavy (non-hydrogen) atoms. The maximum Gasteiger partial charge on any atom is 0.0463 e. The lowest BCUT2D eigenvalue weighted by atomic mass is 10.0. The van der Waals surface area contributed by atoms with E-state index >= 15 is 0 Å². The summed E-state index contributed by atoms with van der Waals surface area (Å²) >= 11 is 3.77. The number of hydrogen-bond donors (Lipinski definition) is 0. The Morgan fingerprint density at radius 3 is 1.70 bits per heavy atom. The lowest BCUT2D eigenvalue weighted by Crippen LogP contribution is -1.85. The first-order chi connectivity index (χ1) is 11.2. The van der Waals surface area contributed by atoms with Gasteiger partial charge in [0, 0.05) is 19.2 Å². The van der Waals surface area contributed by atoms with Gasteiger partial charge in [0.25, 0.3) is 0 Å².